The van der Waals surface area contributed by atoms with Gasteiger partial charge >= 0.3 is 5.97 Å². The van der Waals surface area contributed by atoms with Crippen LogP contribution >= 0.6 is 0 Å². The summed E-state index contributed by atoms with van der Waals surface area (Å²) in [5.41, 5.74) is 12.4. The quantitative estimate of drug-likeness (QED) is 0.239. The third kappa shape index (κ3) is 6.09. The van der Waals surface area contributed by atoms with Crippen LogP contribution in [0.2, 0.25) is 0 Å². The van der Waals surface area contributed by atoms with Crippen molar-refractivity contribution in [3.8, 4) is 0 Å². The Morgan fingerprint density at radius 3 is 1.94 bits per heavy atom. The van der Waals surface area contributed by atoms with Gasteiger partial charge in [-0.3, -0.25) is 4.79 Å². The van der Waals surface area contributed by atoms with Gasteiger partial charge in [-0.2, -0.15) is 0 Å². The number of carbonyl (C=O) groups is 2. The Kier molecular flexibility index (Phi) is 8.39. The molecule has 4 aliphatic carbocycles. The third-order valence-electron chi connectivity index (χ3n) is 12.0. The summed E-state index contributed by atoms with van der Waals surface area (Å²) in [4.78, 5) is 26.6. The number of fused-ring (bicyclic) bond motifs is 6. The highest BCUT2D eigenvalue weighted by Crippen LogP contribution is 2.47. The molecule has 4 atom stereocenters. The van der Waals surface area contributed by atoms with E-state index in [9.17, 15) is 9.59 Å². The predicted molar refractivity (Wildman–Crippen MR) is 197 cm³/mol. The third-order valence-corrected chi connectivity index (χ3v) is 12.0. The number of nitrogens with zero attached hydrogens (tertiary/aromatic N) is 2. The van der Waals surface area contributed by atoms with Crippen molar-refractivity contribution in [2.45, 2.75) is 78.3 Å². The lowest BCUT2D eigenvalue weighted by Gasteiger charge is -2.25. The molecule has 1 N–H and O–H groups in total. The molecule has 5 heteroatoms. The number of aromatic carboxylic acids is 1. The standard InChI is InChI=1S/C28H28N2O.C16H18O2/c1-19-15-22(11-13-25(19)26-12-9-20-8-10-21(26)16-20)28(31)30-18-24-6-4-14-29(24)17-23-5-2-3-7-27(23)30;1-10-8-13(16(17)18)5-7-14(10)15-6-3-11-2-4-12(15)9-11/h2-7,11-15,20-21H,8-10,16-18H2,1H3;5-8,11-12H,2-4,9H2,1H3,(H,17,18). The van der Waals surface area contributed by atoms with Crippen molar-refractivity contribution in [2.75, 3.05) is 4.90 Å². The highest BCUT2D eigenvalue weighted by atomic mass is 16.4. The van der Waals surface area contributed by atoms with Crippen LogP contribution in [0.4, 0.5) is 5.69 Å². The van der Waals surface area contributed by atoms with Gasteiger partial charge in [0.1, 0.15) is 0 Å². The summed E-state index contributed by atoms with van der Waals surface area (Å²) in [6, 6.07) is 24.3. The molecule has 5 nitrogen and oxygen atoms in total. The lowest BCUT2D eigenvalue weighted by molar-refractivity contribution is 0.0696. The van der Waals surface area contributed by atoms with Crippen molar-refractivity contribution in [1.29, 1.82) is 0 Å². The van der Waals surface area contributed by atoms with Crippen molar-refractivity contribution >= 4 is 28.7 Å². The molecule has 4 bridgehead atoms. The number of carbonyl (C=O) groups excluding carboxylic acids is 1. The number of aryl methyl sites for hydroxylation is 2. The second-order valence-corrected chi connectivity index (χ2v) is 15.1. The average molecular weight is 651 g/mol. The molecule has 0 spiro atoms. The number of amides is 1. The minimum Gasteiger partial charge on any atom is -0.478 e. The van der Waals surface area contributed by atoms with Gasteiger partial charge in [0.05, 0.1) is 12.1 Å². The number of benzene rings is 3. The monoisotopic (exact) mass is 650 g/mol. The van der Waals surface area contributed by atoms with Crippen molar-refractivity contribution in [3.05, 3.63) is 136 Å². The minimum atomic E-state index is -0.844. The van der Waals surface area contributed by atoms with E-state index in [2.05, 4.69) is 72.3 Å². The van der Waals surface area contributed by atoms with Gasteiger partial charge in [-0.25, -0.2) is 4.79 Å². The number of hydrogen-bond donors (Lipinski definition) is 1. The van der Waals surface area contributed by atoms with Crippen LogP contribution < -0.4 is 4.90 Å². The Morgan fingerprint density at radius 2 is 1.31 bits per heavy atom. The highest BCUT2D eigenvalue weighted by molar-refractivity contribution is 6.07. The second kappa shape index (κ2) is 13.0. The van der Waals surface area contributed by atoms with Crippen LogP contribution in [0.15, 0.2) is 91.1 Å². The van der Waals surface area contributed by atoms with E-state index in [1.807, 2.05) is 30.0 Å². The number of allylic oxidation sites excluding steroid dienone is 4. The van der Waals surface area contributed by atoms with Crippen LogP contribution in [-0.2, 0) is 13.1 Å². The van der Waals surface area contributed by atoms with Crippen molar-refractivity contribution in [3.63, 3.8) is 0 Å². The van der Waals surface area contributed by atoms with Crippen LogP contribution in [0.3, 0.4) is 0 Å². The fraction of sp³-hybridized carbons (Fsp3) is 0.364. The number of aromatic nitrogens is 1. The van der Waals surface area contributed by atoms with Crippen LogP contribution in [0, 0.1) is 37.5 Å². The van der Waals surface area contributed by atoms with E-state index in [4.69, 9.17) is 5.11 Å². The van der Waals surface area contributed by atoms with Crippen LogP contribution in [0.25, 0.3) is 11.1 Å². The van der Waals surface area contributed by atoms with E-state index in [-0.39, 0.29) is 5.91 Å². The Hall–Kier alpha value is -4.64. The molecule has 2 fully saturated rings. The first-order valence-corrected chi connectivity index (χ1v) is 18.2. The highest BCUT2D eigenvalue weighted by Gasteiger charge is 2.33. The van der Waals surface area contributed by atoms with E-state index in [1.165, 1.54) is 90.5 Å². The lowest BCUT2D eigenvalue weighted by Crippen LogP contribution is -2.30. The molecule has 2 heterocycles. The number of hydrogen-bond acceptors (Lipinski definition) is 2. The van der Waals surface area contributed by atoms with Gasteiger partial charge in [0.25, 0.3) is 5.91 Å². The molecule has 3 aromatic carbocycles. The minimum absolute atomic E-state index is 0.0790. The van der Waals surface area contributed by atoms with E-state index >= 15 is 0 Å². The maximum Gasteiger partial charge on any atom is 0.335 e. The van der Waals surface area contributed by atoms with Crippen LogP contribution in [0.1, 0.15) is 106 Å². The molecule has 9 rings (SSSR count). The summed E-state index contributed by atoms with van der Waals surface area (Å²) in [6.45, 7) is 5.58. The molecule has 0 saturated heterocycles. The van der Waals surface area contributed by atoms with Crippen molar-refractivity contribution in [1.82, 2.24) is 4.57 Å². The summed E-state index contributed by atoms with van der Waals surface area (Å²) in [5, 5.41) is 9.00. The van der Waals surface area contributed by atoms with Gasteiger partial charge in [-0.1, -0.05) is 42.5 Å². The van der Waals surface area contributed by atoms with E-state index in [0.29, 0.717) is 23.9 Å². The van der Waals surface area contributed by atoms with Gasteiger partial charge in [0.15, 0.2) is 0 Å². The Labute approximate surface area is 290 Å². The van der Waals surface area contributed by atoms with E-state index in [0.717, 1.165) is 35.2 Å². The molecule has 1 aromatic heterocycles. The molecule has 4 unspecified atom stereocenters. The molecule has 2 saturated carbocycles. The van der Waals surface area contributed by atoms with Gasteiger partial charge in [0.2, 0.25) is 0 Å². The van der Waals surface area contributed by atoms with Crippen molar-refractivity contribution in [2.24, 2.45) is 23.7 Å². The van der Waals surface area contributed by atoms with Gasteiger partial charge < -0.3 is 14.6 Å². The van der Waals surface area contributed by atoms with Gasteiger partial charge in [-0.15, -0.1) is 0 Å². The normalized spacial score (nSPS) is 23.3. The van der Waals surface area contributed by atoms with E-state index < -0.39 is 5.97 Å². The smallest absolute Gasteiger partial charge is 0.335 e. The largest absolute Gasteiger partial charge is 0.478 e. The number of anilines is 1. The summed E-state index contributed by atoms with van der Waals surface area (Å²) < 4.78 is 2.24. The zero-order valence-corrected chi connectivity index (χ0v) is 28.7. The molecule has 49 heavy (non-hydrogen) atoms. The van der Waals surface area contributed by atoms with E-state index in [1.54, 1.807) is 12.1 Å². The zero-order chi connectivity index (χ0) is 33.6. The number of carboxylic acids is 1. The Balaban J connectivity index is 0.000000165. The maximum absolute atomic E-state index is 13.7. The fourth-order valence-corrected chi connectivity index (χ4v) is 9.39. The number of para-hydroxylation sites is 1. The summed E-state index contributed by atoms with van der Waals surface area (Å²) in [5.74, 6) is 2.45. The number of carboxylic acid groups (broad SMARTS) is 1. The lowest BCUT2D eigenvalue weighted by atomic mass is 9.83. The topological polar surface area (TPSA) is 62.5 Å². The molecule has 5 aliphatic rings. The van der Waals surface area contributed by atoms with Crippen molar-refractivity contribution < 1.29 is 14.7 Å². The Morgan fingerprint density at radius 1 is 0.694 bits per heavy atom. The SMILES string of the molecule is Cc1cc(C(=O)N2Cc3cccn3Cc3ccccc32)ccc1C1=CCC2CCC1C2.Cc1cc(C(=O)O)ccc1C1=CCC2CCC1C2. The average Bonchev–Trinajstić information content (AvgIpc) is 3.80. The van der Waals surface area contributed by atoms with Gasteiger partial charge in [-0.05, 0) is 170 Å². The zero-order valence-electron chi connectivity index (χ0n) is 28.7. The number of rotatable bonds is 4. The first-order chi connectivity index (χ1) is 23.8. The van der Waals surface area contributed by atoms with Gasteiger partial charge in [0, 0.05) is 29.7 Å². The summed E-state index contributed by atoms with van der Waals surface area (Å²) in [6.07, 6.45) is 17.4. The maximum atomic E-state index is 13.7. The molecule has 1 aliphatic heterocycles. The molecule has 250 valence electrons. The first-order valence-electron chi connectivity index (χ1n) is 18.2. The molecule has 1 amide bonds. The summed E-state index contributed by atoms with van der Waals surface area (Å²) in [7, 11) is 0. The molecule has 0 radical (unpaired) electrons. The van der Waals surface area contributed by atoms with Crippen LogP contribution in [-0.4, -0.2) is 21.6 Å². The molecular weight excluding hydrogens is 604 g/mol. The molecule has 4 aromatic rings. The first kappa shape index (κ1) is 31.6. The van der Waals surface area contributed by atoms with Crippen LogP contribution in [0.5, 0.6) is 0 Å². The fourth-order valence-electron chi connectivity index (χ4n) is 9.39. The second-order valence-electron chi connectivity index (χ2n) is 15.1. The molecular formula is C44H46N2O3. The Bertz CT molecular complexity index is 2000. The summed E-state index contributed by atoms with van der Waals surface area (Å²) >= 11 is 0. The predicted octanol–water partition coefficient (Wildman–Crippen LogP) is 10.1.